The Morgan fingerprint density at radius 1 is 1.21 bits per heavy atom. The molecule has 5 nitrogen and oxygen atoms in total. The summed E-state index contributed by atoms with van der Waals surface area (Å²) >= 11 is 0. The predicted molar refractivity (Wildman–Crippen MR) is 74.9 cm³/mol. The SMILES string of the molecule is CN(C)C1(CNC(=O)C2(N)CCCC2)CCOCC1. The topological polar surface area (TPSA) is 67.6 Å². The molecule has 19 heavy (non-hydrogen) atoms. The van der Waals surface area contributed by atoms with Crippen LogP contribution in [0.2, 0.25) is 0 Å². The molecule has 2 rings (SSSR count). The van der Waals surface area contributed by atoms with Gasteiger partial charge in [-0.25, -0.2) is 0 Å². The third kappa shape index (κ3) is 3.09. The quantitative estimate of drug-likeness (QED) is 0.779. The number of hydrogen-bond donors (Lipinski definition) is 2. The Balaban J connectivity index is 1.93. The van der Waals surface area contributed by atoms with Crippen molar-refractivity contribution >= 4 is 5.91 Å². The highest BCUT2D eigenvalue weighted by Crippen LogP contribution is 2.28. The molecular weight excluding hydrogens is 242 g/mol. The fraction of sp³-hybridized carbons (Fsp3) is 0.929. The first-order chi connectivity index (χ1) is 8.99. The van der Waals surface area contributed by atoms with Gasteiger partial charge >= 0.3 is 0 Å². The van der Waals surface area contributed by atoms with Gasteiger partial charge in [-0.3, -0.25) is 4.79 Å². The monoisotopic (exact) mass is 269 g/mol. The summed E-state index contributed by atoms with van der Waals surface area (Å²) in [5.74, 6) is 0.0257. The highest BCUT2D eigenvalue weighted by molar-refractivity contribution is 5.86. The number of carbonyl (C=O) groups is 1. The Hall–Kier alpha value is -0.650. The molecule has 1 amide bonds. The number of amides is 1. The van der Waals surface area contributed by atoms with Gasteiger partial charge in [0.1, 0.15) is 0 Å². The number of ether oxygens (including phenoxy) is 1. The summed E-state index contributed by atoms with van der Waals surface area (Å²) in [6.45, 7) is 2.20. The molecule has 5 heteroatoms. The number of nitrogens with one attached hydrogen (secondary N) is 1. The van der Waals surface area contributed by atoms with E-state index in [1.54, 1.807) is 0 Å². The maximum Gasteiger partial charge on any atom is 0.240 e. The lowest BCUT2D eigenvalue weighted by Gasteiger charge is -2.43. The molecule has 0 atom stereocenters. The molecule has 2 aliphatic rings. The second-order valence-corrected chi connectivity index (χ2v) is 6.28. The van der Waals surface area contributed by atoms with Crippen LogP contribution in [0.1, 0.15) is 38.5 Å². The molecule has 1 heterocycles. The maximum absolute atomic E-state index is 12.3. The first-order valence-corrected chi connectivity index (χ1v) is 7.31. The molecule has 1 saturated carbocycles. The summed E-state index contributed by atoms with van der Waals surface area (Å²) < 4.78 is 5.44. The first kappa shape index (κ1) is 14.8. The van der Waals surface area contributed by atoms with Gasteiger partial charge < -0.3 is 20.7 Å². The van der Waals surface area contributed by atoms with Crippen molar-refractivity contribution in [2.45, 2.75) is 49.6 Å². The fourth-order valence-corrected chi connectivity index (χ4v) is 3.19. The normalized spacial score (nSPS) is 25.5. The highest BCUT2D eigenvalue weighted by atomic mass is 16.5. The molecule has 1 aliphatic carbocycles. The molecule has 0 radical (unpaired) electrons. The third-order valence-corrected chi connectivity index (χ3v) is 4.90. The Bertz CT molecular complexity index is 319. The summed E-state index contributed by atoms with van der Waals surface area (Å²) in [5.41, 5.74) is 5.58. The van der Waals surface area contributed by atoms with Crippen LogP contribution >= 0.6 is 0 Å². The van der Waals surface area contributed by atoms with Crippen molar-refractivity contribution in [2.75, 3.05) is 33.9 Å². The second-order valence-electron chi connectivity index (χ2n) is 6.28. The standard InChI is InChI=1S/C14H27N3O2/c1-17(2)13(7-9-19-10-8-13)11-16-12(18)14(15)5-3-4-6-14/h3-11,15H2,1-2H3,(H,16,18). The zero-order valence-electron chi connectivity index (χ0n) is 12.2. The van der Waals surface area contributed by atoms with Gasteiger partial charge in [0.05, 0.1) is 5.54 Å². The molecular formula is C14H27N3O2. The van der Waals surface area contributed by atoms with Crippen LogP contribution in [0.5, 0.6) is 0 Å². The van der Waals surface area contributed by atoms with Gasteiger partial charge in [-0.05, 0) is 39.8 Å². The lowest BCUT2D eigenvalue weighted by Crippen LogP contribution is -2.59. The van der Waals surface area contributed by atoms with Crippen molar-refractivity contribution < 1.29 is 9.53 Å². The van der Waals surface area contributed by atoms with E-state index in [0.717, 1.165) is 51.7 Å². The van der Waals surface area contributed by atoms with Crippen LogP contribution in [0.25, 0.3) is 0 Å². The number of carbonyl (C=O) groups excluding carboxylic acids is 1. The van der Waals surface area contributed by atoms with Crippen LogP contribution in [0.3, 0.4) is 0 Å². The molecule has 0 spiro atoms. The summed E-state index contributed by atoms with van der Waals surface area (Å²) in [5, 5.41) is 3.10. The van der Waals surface area contributed by atoms with Crippen molar-refractivity contribution in [3.63, 3.8) is 0 Å². The molecule has 2 fully saturated rings. The smallest absolute Gasteiger partial charge is 0.240 e. The van der Waals surface area contributed by atoms with Crippen LogP contribution in [0, 0.1) is 0 Å². The van der Waals surface area contributed by atoms with Gasteiger partial charge in [0.15, 0.2) is 0 Å². The Kier molecular flexibility index (Phi) is 4.48. The first-order valence-electron chi connectivity index (χ1n) is 7.31. The van der Waals surface area contributed by atoms with Gasteiger partial charge in [0, 0.05) is 25.3 Å². The Morgan fingerprint density at radius 3 is 2.32 bits per heavy atom. The van der Waals surface area contributed by atoms with E-state index in [-0.39, 0.29) is 11.4 Å². The van der Waals surface area contributed by atoms with E-state index in [2.05, 4.69) is 24.3 Å². The van der Waals surface area contributed by atoms with Gasteiger partial charge in [-0.15, -0.1) is 0 Å². The van der Waals surface area contributed by atoms with Crippen LogP contribution in [0.15, 0.2) is 0 Å². The lowest BCUT2D eigenvalue weighted by molar-refractivity contribution is -0.127. The minimum Gasteiger partial charge on any atom is -0.381 e. The van der Waals surface area contributed by atoms with E-state index in [0.29, 0.717) is 6.54 Å². The van der Waals surface area contributed by atoms with Gasteiger partial charge in [-0.1, -0.05) is 12.8 Å². The molecule has 0 aromatic heterocycles. The zero-order chi connectivity index (χ0) is 13.9. The molecule has 0 aromatic rings. The van der Waals surface area contributed by atoms with E-state index >= 15 is 0 Å². The average molecular weight is 269 g/mol. The van der Waals surface area contributed by atoms with E-state index < -0.39 is 5.54 Å². The molecule has 0 unspecified atom stereocenters. The van der Waals surface area contributed by atoms with Crippen molar-refractivity contribution in [2.24, 2.45) is 5.73 Å². The molecule has 3 N–H and O–H groups in total. The summed E-state index contributed by atoms with van der Waals surface area (Å²) in [6.07, 6.45) is 5.68. The predicted octanol–water partition coefficient (Wildman–Crippen LogP) is 0.485. The summed E-state index contributed by atoms with van der Waals surface area (Å²) in [4.78, 5) is 14.5. The third-order valence-electron chi connectivity index (χ3n) is 4.90. The largest absolute Gasteiger partial charge is 0.381 e. The van der Waals surface area contributed by atoms with Crippen molar-refractivity contribution in [3.8, 4) is 0 Å². The molecule has 0 aromatic carbocycles. The van der Waals surface area contributed by atoms with Crippen molar-refractivity contribution in [1.29, 1.82) is 0 Å². The molecule has 1 aliphatic heterocycles. The number of rotatable bonds is 4. The Labute approximate surface area is 115 Å². The van der Waals surface area contributed by atoms with Crippen molar-refractivity contribution in [3.05, 3.63) is 0 Å². The van der Waals surface area contributed by atoms with Crippen molar-refractivity contribution in [1.82, 2.24) is 10.2 Å². The number of nitrogens with two attached hydrogens (primary N) is 1. The van der Waals surface area contributed by atoms with Gasteiger partial charge in [0.2, 0.25) is 5.91 Å². The van der Waals surface area contributed by atoms with Crippen LogP contribution in [-0.4, -0.2) is 55.7 Å². The zero-order valence-corrected chi connectivity index (χ0v) is 12.2. The molecule has 0 bridgehead atoms. The Morgan fingerprint density at radius 2 is 1.79 bits per heavy atom. The average Bonchev–Trinajstić information content (AvgIpc) is 2.85. The van der Waals surface area contributed by atoms with Gasteiger partial charge in [-0.2, -0.15) is 0 Å². The number of likely N-dealkylation sites (N-methyl/N-ethyl adjacent to an activating group) is 1. The van der Waals surface area contributed by atoms with E-state index in [1.807, 2.05) is 0 Å². The number of nitrogens with zero attached hydrogens (tertiary/aromatic N) is 1. The highest BCUT2D eigenvalue weighted by Gasteiger charge is 2.40. The van der Waals surface area contributed by atoms with E-state index in [9.17, 15) is 4.79 Å². The fourth-order valence-electron chi connectivity index (χ4n) is 3.19. The summed E-state index contributed by atoms with van der Waals surface area (Å²) in [7, 11) is 4.15. The van der Waals surface area contributed by atoms with Crippen LogP contribution in [0.4, 0.5) is 0 Å². The van der Waals surface area contributed by atoms with E-state index in [1.165, 1.54) is 0 Å². The van der Waals surface area contributed by atoms with E-state index in [4.69, 9.17) is 10.5 Å². The second kappa shape index (κ2) is 5.77. The number of hydrogen-bond acceptors (Lipinski definition) is 4. The van der Waals surface area contributed by atoms with Crippen LogP contribution in [-0.2, 0) is 9.53 Å². The lowest BCUT2D eigenvalue weighted by atomic mass is 9.88. The minimum atomic E-state index is -0.626. The molecule has 1 saturated heterocycles. The van der Waals surface area contributed by atoms with Crippen LogP contribution < -0.4 is 11.1 Å². The molecule has 110 valence electrons. The maximum atomic E-state index is 12.3. The van der Waals surface area contributed by atoms with Gasteiger partial charge in [0.25, 0.3) is 0 Å². The summed E-state index contributed by atoms with van der Waals surface area (Å²) in [6, 6.07) is 0. The minimum absolute atomic E-state index is 0.0167.